The lowest BCUT2D eigenvalue weighted by Crippen LogP contribution is -2.31. The summed E-state index contributed by atoms with van der Waals surface area (Å²) < 4.78 is 26.1. The molecule has 2 aromatic rings. The Morgan fingerprint density at radius 3 is 2.48 bits per heavy atom. The second-order valence-electron chi connectivity index (χ2n) is 4.16. The van der Waals surface area contributed by atoms with Gasteiger partial charge in [-0.15, -0.1) is 11.3 Å². The van der Waals surface area contributed by atoms with Crippen LogP contribution in [0.1, 0.15) is 16.5 Å². The van der Waals surface area contributed by atoms with Crippen LogP contribution < -0.4 is 4.72 Å². The van der Waals surface area contributed by atoms with Crippen molar-refractivity contribution in [2.75, 3.05) is 0 Å². The van der Waals surface area contributed by atoms with Crippen LogP contribution in [0.5, 0.6) is 0 Å². The number of carbonyl (C=O) groups is 1. The average Bonchev–Trinajstić information content (AvgIpc) is 2.98. The summed E-state index contributed by atoms with van der Waals surface area (Å²) in [5.41, 5.74) is 0.714. The van der Waals surface area contributed by atoms with Crippen molar-refractivity contribution >= 4 is 33.4 Å². The molecule has 0 amide bonds. The normalized spacial score (nSPS) is 13.3. The van der Waals surface area contributed by atoms with E-state index in [0.29, 0.717) is 10.4 Å². The van der Waals surface area contributed by atoms with Crippen LogP contribution in [0.15, 0.2) is 53.3 Å². The molecule has 0 aliphatic rings. The highest BCUT2D eigenvalue weighted by Gasteiger charge is 2.25. The minimum absolute atomic E-state index is 0.430. The van der Waals surface area contributed by atoms with E-state index in [0.717, 1.165) is 5.41 Å². The number of hydrogen-bond donors (Lipinski definition) is 2. The molecule has 0 aliphatic carbocycles. The van der Waals surface area contributed by atoms with Crippen LogP contribution in [0.3, 0.4) is 0 Å². The van der Waals surface area contributed by atoms with Crippen LogP contribution in [-0.2, 0) is 14.8 Å². The summed E-state index contributed by atoms with van der Waals surface area (Å²) in [4.78, 5) is 11.6. The Morgan fingerprint density at radius 2 is 1.90 bits per heavy atom. The molecule has 0 saturated heterocycles. The number of carboxylic acid groups (broad SMARTS) is 1. The zero-order valence-electron chi connectivity index (χ0n) is 10.8. The van der Waals surface area contributed by atoms with Crippen molar-refractivity contribution in [3.05, 3.63) is 63.7 Å². The number of carboxylic acids is 1. The molecule has 1 unspecified atom stereocenters. The van der Waals surface area contributed by atoms with Gasteiger partial charge < -0.3 is 5.11 Å². The number of benzene rings is 1. The van der Waals surface area contributed by atoms with Crippen molar-refractivity contribution in [2.45, 2.75) is 6.04 Å². The minimum Gasteiger partial charge on any atom is -0.480 e. The SMILES string of the molecule is O=C(O)C(NS(=O)(=O)/C=C/c1ccccc1)c1cccs1. The van der Waals surface area contributed by atoms with E-state index in [9.17, 15) is 13.2 Å². The molecule has 7 heteroatoms. The van der Waals surface area contributed by atoms with E-state index in [4.69, 9.17) is 5.11 Å². The first kappa shape index (κ1) is 15.4. The fourth-order valence-corrected chi connectivity index (χ4v) is 3.43. The number of thiophene rings is 1. The van der Waals surface area contributed by atoms with Crippen molar-refractivity contribution in [1.82, 2.24) is 4.72 Å². The molecule has 0 fully saturated rings. The predicted molar refractivity (Wildman–Crippen MR) is 82.2 cm³/mol. The van der Waals surface area contributed by atoms with Gasteiger partial charge in [-0.2, -0.15) is 4.72 Å². The molecule has 0 radical (unpaired) electrons. The van der Waals surface area contributed by atoms with E-state index >= 15 is 0 Å². The molecule has 110 valence electrons. The van der Waals surface area contributed by atoms with Crippen molar-refractivity contribution in [1.29, 1.82) is 0 Å². The van der Waals surface area contributed by atoms with Crippen molar-refractivity contribution in [3.63, 3.8) is 0 Å². The molecule has 2 rings (SSSR count). The summed E-state index contributed by atoms with van der Waals surface area (Å²) >= 11 is 1.18. The smallest absolute Gasteiger partial charge is 0.327 e. The topological polar surface area (TPSA) is 83.5 Å². The summed E-state index contributed by atoms with van der Waals surface area (Å²) in [6.45, 7) is 0. The third-order valence-electron chi connectivity index (χ3n) is 2.60. The van der Waals surface area contributed by atoms with Gasteiger partial charge in [0.25, 0.3) is 0 Å². The van der Waals surface area contributed by atoms with Gasteiger partial charge in [0, 0.05) is 10.3 Å². The van der Waals surface area contributed by atoms with E-state index in [1.54, 1.807) is 41.8 Å². The summed E-state index contributed by atoms with van der Waals surface area (Å²) in [7, 11) is -3.85. The minimum atomic E-state index is -3.85. The quantitative estimate of drug-likeness (QED) is 0.855. The Kier molecular flexibility index (Phi) is 4.89. The van der Waals surface area contributed by atoms with Gasteiger partial charge in [-0.3, -0.25) is 4.79 Å². The van der Waals surface area contributed by atoms with Gasteiger partial charge >= 0.3 is 5.97 Å². The van der Waals surface area contributed by atoms with E-state index in [2.05, 4.69) is 4.72 Å². The van der Waals surface area contributed by atoms with Crippen LogP contribution in [-0.4, -0.2) is 19.5 Å². The summed E-state index contributed by atoms with van der Waals surface area (Å²) in [5, 5.41) is 11.8. The molecule has 0 bridgehead atoms. The van der Waals surface area contributed by atoms with Crippen molar-refractivity contribution in [2.24, 2.45) is 0 Å². The zero-order chi connectivity index (χ0) is 15.3. The van der Waals surface area contributed by atoms with Crippen LogP contribution in [0, 0.1) is 0 Å². The van der Waals surface area contributed by atoms with E-state index < -0.39 is 22.0 Å². The number of hydrogen-bond acceptors (Lipinski definition) is 4. The molecule has 0 aliphatic heterocycles. The molecule has 0 saturated carbocycles. The Balaban J connectivity index is 2.16. The van der Waals surface area contributed by atoms with Crippen molar-refractivity contribution < 1.29 is 18.3 Å². The predicted octanol–water partition coefficient (Wildman–Crippen LogP) is 2.46. The maximum atomic E-state index is 12.0. The molecule has 1 aromatic carbocycles. The monoisotopic (exact) mass is 323 g/mol. The van der Waals surface area contributed by atoms with Crippen LogP contribution in [0.25, 0.3) is 6.08 Å². The number of sulfonamides is 1. The summed E-state index contributed by atoms with van der Waals surface area (Å²) in [5.74, 6) is -1.24. The molecule has 2 N–H and O–H groups in total. The van der Waals surface area contributed by atoms with Gasteiger partial charge in [0.05, 0.1) is 0 Å². The molecule has 21 heavy (non-hydrogen) atoms. The Morgan fingerprint density at radius 1 is 1.19 bits per heavy atom. The first-order chi connectivity index (χ1) is 9.98. The first-order valence-electron chi connectivity index (χ1n) is 5.99. The molecular weight excluding hydrogens is 310 g/mol. The lowest BCUT2D eigenvalue weighted by Gasteiger charge is -2.11. The molecule has 0 spiro atoms. The molecule has 5 nitrogen and oxygen atoms in total. The average molecular weight is 323 g/mol. The second-order valence-corrected chi connectivity index (χ2v) is 6.74. The second kappa shape index (κ2) is 6.66. The fourth-order valence-electron chi connectivity index (χ4n) is 1.62. The highest BCUT2D eigenvalue weighted by atomic mass is 32.2. The maximum Gasteiger partial charge on any atom is 0.327 e. The number of nitrogens with one attached hydrogen (secondary N) is 1. The zero-order valence-corrected chi connectivity index (χ0v) is 12.5. The van der Waals surface area contributed by atoms with Gasteiger partial charge in [0.15, 0.2) is 6.04 Å². The van der Waals surface area contributed by atoms with Crippen molar-refractivity contribution in [3.8, 4) is 0 Å². The lowest BCUT2D eigenvalue weighted by molar-refractivity contribution is -0.139. The first-order valence-corrected chi connectivity index (χ1v) is 8.42. The third kappa shape index (κ3) is 4.52. The lowest BCUT2D eigenvalue weighted by atomic mass is 10.2. The fraction of sp³-hybridized carbons (Fsp3) is 0.0714. The van der Waals surface area contributed by atoms with E-state index in [1.165, 1.54) is 17.4 Å². The maximum absolute atomic E-state index is 12.0. The number of rotatable bonds is 6. The van der Waals surface area contributed by atoms with Gasteiger partial charge in [0.2, 0.25) is 10.0 Å². The molecule has 1 atom stereocenters. The van der Waals surface area contributed by atoms with Gasteiger partial charge in [0.1, 0.15) is 0 Å². The summed E-state index contributed by atoms with van der Waals surface area (Å²) in [6.07, 6.45) is 1.41. The molecular formula is C14H13NO4S2. The van der Waals surface area contributed by atoms with Gasteiger partial charge in [-0.1, -0.05) is 36.4 Å². The Hall–Kier alpha value is -1.96. The van der Waals surface area contributed by atoms with E-state index in [1.807, 2.05) is 6.07 Å². The van der Waals surface area contributed by atoms with E-state index in [-0.39, 0.29) is 0 Å². The van der Waals surface area contributed by atoms with Gasteiger partial charge in [-0.25, -0.2) is 8.42 Å². The van der Waals surface area contributed by atoms with Crippen LogP contribution in [0.4, 0.5) is 0 Å². The third-order valence-corrected chi connectivity index (χ3v) is 4.59. The Bertz CT molecular complexity index is 722. The summed E-state index contributed by atoms with van der Waals surface area (Å²) in [6, 6.07) is 10.9. The standard InChI is InChI=1S/C14H13NO4S2/c16-14(17)13(12-7-4-9-20-12)15-21(18,19)10-8-11-5-2-1-3-6-11/h1-10,13,15H,(H,16,17)/b10-8+. The largest absolute Gasteiger partial charge is 0.480 e. The highest BCUT2D eigenvalue weighted by Crippen LogP contribution is 2.20. The van der Waals surface area contributed by atoms with Crippen LogP contribution >= 0.6 is 11.3 Å². The highest BCUT2D eigenvalue weighted by molar-refractivity contribution is 7.92. The molecule has 1 heterocycles. The molecule has 1 aromatic heterocycles. The number of aliphatic carboxylic acids is 1. The van der Waals surface area contributed by atoms with Crippen LogP contribution in [0.2, 0.25) is 0 Å². The van der Waals surface area contributed by atoms with Gasteiger partial charge in [-0.05, 0) is 23.1 Å². The Labute approximate surface area is 126 Å².